The highest BCUT2D eigenvalue weighted by molar-refractivity contribution is 5.67. The summed E-state index contributed by atoms with van der Waals surface area (Å²) in [6, 6.07) is 16.1. The minimum Gasteiger partial charge on any atom is -0.359 e. The third-order valence-corrected chi connectivity index (χ3v) is 4.06. The van der Waals surface area contributed by atoms with Crippen LogP contribution in [0.15, 0.2) is 53.1 Å². The van der Waals surface area contributed by atoms with Crippen LogP contribution in [0.4, 0.5) is 5.82 Å². The maximum atomic E-state index is 5.35. The zero-order valence-electron chi connectivity index (χ0n) is 14.5. The van der Waals surface area contributed by atoms with Crippen LogP contribution in [-0.4, -0.2) is 26.8 Å². The van der Waals surface area contributed by atoms with Gasteiger partial charge in [-0.1, -0.05) is 35.5 Å². The first-order chi connectivity index (χ1) is 12.1. The summed E-state index contributed by atoms with van der Waals surface area (Å²) >= 11 is 0. The highest BCUT2D eigenvalue weighted by Crippen LogP contribution is 2.25. The lowest BCUT2D eigenvalue weighted by Gasteiger charge is -2.19. The number of aromatic nitrogens is 4. The van der Waals surface area contributed by atoms with Gasteiger partial charge in [0.2, 0.25) is 0 Å². The van der Waals surface area contributed by atoms with E-state index in [-0.39, 0.29) is 0 Å². The molecule has 0 aliphatic heterocycles. The van der Waals surface area contributed by atoms with Crippen molar-refractivity contribution in [1.29, 1.82) is 0 Å². The van der Waals surface area contributed by atoms with Gasteiger partial charge in [-0.15, -0.1) is 0 Å². The van der Waals surface area contributed by atoms with Crippen molar-refractivity contribution in [2.45, 2.75) is 20.4 Å². The van der Waals surface area contributed by atoms with Gasteiger partial charge >= 0.3 is 0 Å². The topological polar surface area (TPSA) is 59.5 Å². The molecule has 0 N–H and O–H groups in total. The van der Waals surface area contributed by atoms with Crippen molar-refractivity contribution < 1.29 is 4.52 Å². The molecule has 0 fully saturated rings. The van der Waals surface area contributed by atoms with E-state index in [1.54, 1.807) is 0 Å². The highest BCUT2D eigenvalue weighted by Gasteiger charge is 2.14. The van der Waals surface area contributed by atoms with Crippen molar-refractivity contribution in [3.63, 3.8) is 0 Å². The molecule has 0 aliphatic rings. The van der Waals surface area contributed by atoms with Gasteiger partial charge in [0.1, 0.15) is 5.82 Å². The van der Waals surface area contributed by atoms with Gasteiger partial charge < -0.3 is 9.42 Å². The standard InChI is InChI=1S/C19H19N5O/c1-13-10-18-20-17(15-7-5-4-6-8-15)11-19(24(18)21-13)23(3)12-16-9-14(2)22-25-16/h4-11H,12H2,1-3H3. The second-order valence-corrected chi connectivity index (χ2v) is 6.21. The van der Waals surface area contributed by atoms with Crippen LogP contribution in [0.2, 0.25) is 0 Å². The summed E-state index contributed by atoms with van der Waals surface area (Å²) in [4.78, 5) is 6.85. The lowest BCUT2D eigenvalue weighted by molar-refractivity contribution is 0.379. The maximum Gasteiger partial charge on any atom is 0.158 e. The zero-order chi connectivity index (χ0) is 17.4. The molecule has 0 spiro atoms. The molecule has 0 bridgehead atoms. The van der Waals surface area contributed by atoms with E-state index < -0.39 is 0 Å². The Morgan fingerprint density at radius 2 is 1.84 bits per heavy atom. The zero-order valence-corrected chi connectivity index (χ0v) is 14.5. The minimum absolute atomic E-state index is 0.604. The molecule has 6 nitrogen and oxygen atoms in total. The van der Waals surface area contributed by atoms with Crippen LogP contribution in [0.1, 0.15) is 17.1 Å². The third-order valence-electron chi connectivity index (χ3n) is 4.06. The number of nitrogens with zero attached hydrogens (tertiary/aromatic N) is 5. The molecular weight excluding hydrogens is 314 g/mol. The van der Waals surface area contributed by atoms with Crippen molar-refractivity contribution in [3.05, 3.63) is 65.7 Å². The molecule has 3 aromatic heterocycles. The fourth-order valence-corrected chi connectivity index (χ4v) is 2.91. The van der Waals surface area contributed by atoms with Crippen LogP contribution in [0.25, 0.3) is 16.9 Å². The Labute approximate surface area is 145 Å². The van der Waals surface area contributed by atoms with E-state index in [0.717, 1.165) is 39.9 Å². The number of aryl methyl sites for hydroxylation is 2. The molecule has 0 saturated carbocycles. The predicted octanol–water partition coefficient (Wildman–Crippen LogP) is 3.64. The summed E-state index contributed by atoms with van der Waals surface area (Å²) in [5.41, 5.74) is 4.64. The SMILES string of the molecule is Cc1cc(CN(C)c2cc(-c3ccccc3)nc3cc(C)nn23)on1. The Hall–Kier alpha value is -3.15. The first-order valence-electron chi connectivity index (χ1n) is 8.16. The van der Waals surface area contributed by atoms with E-state index in [4.69, 9.17) is 9.51 Å². The molecule has 0 atom stereocenters. The van der Waals surface area contributed by atoms with Gasteiger partial charge in [0.25, 0.3) is 0 Å². The fourth-order valence-electron chi connectivity index (χ4n) is 2.91. The lowest BCUT2D eigenvalue weighted by atomic mass is 10.1. The van der Waals surface area contributed by atoms with Crippen LogP contribution in [-0.2, 0) is 6.54 Å². The van der Waals surface area contributed by atoms with Gasteiger partial charge in [-0.05, 0) is 13.8 Å². The molecule has 4 aromatic rings. The van der Waals surface area contributed by atoms with Crippen molar-refractivity contribution in [2.75, 3.05) is 11.9 Å². The van der Waals surface area contributed by atoms with E-state index in [0.29, 0.717) is 6.54 Å². The predicted molar refractivity (Wildman–Crippen MR) is 96.5 cm³/mol. The molecule has 0 amide bonds. The van der Waals surface area contributed by atoms with Gasteiger partial charge in [-0.25, -0.2) is 4.98 Å². The van der Waals surface area contributed by atoms with Crippen LogP contribution in [0, 0.1) is 13.8 Å². The third kappa shape index (κ3) is 2.98. The molecule has 0 unspecified atom stereocenters. The first kappa shape index (κ1) is 15.4. The van der Waals surface area contributed by atoms with E-state index >= 15 is 0 Å². The summed E-state index contributed by atoms with van der Waals surface area (Å²) in [6.45, 7) is 4.50. The monoisotopic (exact) mass is 333 g/mol. The highest BCUT2D eigenvalue weighted by atomic mass is 16.5. The van der Waals surface area contributed by atoms with Crippen LogP contribution >= 0.6 is 0 Å². The Bertz CT molecular complexity index is 1020. The number of hydrogen-bond acceptors (Lipinski definition) is 5. The normalized spacial score (nSPS) is 11.2. The number of rotatable bonds is 4. The van der Waals surface area contributed by atoms with Crippen LogP contribution < -0.4 is 4.90 Å². The van der Waals surface area contributed by atoms with Crippen molar-refractivity contribution in [1.82, 2.24) is 19.8 Å². The van der Waals surface area contributed by atoms with Gasteiger partial charge in [-0.2, -0.15) is 9.61 Å². The number of fused-ring (bicyclic) bond motifs is 1. The van der Waals surface area contributed by atoms with Gasteiger partial charge in [-0.3, -0.25) is 0 Å². The molecule has 1 aromatic carbocycles. The molecule has 0 saturated heterocycles. The van der Waals surface area contributed by atoms with E-state index in [1.165, 1.54) is 0 Å². The van der Waals surface area contributed by atoms with E-state index in [1.807, 2.05) is 55.7 Å². The van der Waals surface area contributed by atoms with Crippen LogP contribution in [0.5, 0.6) is 0 Å². The molecule has 3 heterocycles. The summed E-state index contributed by atoms with van der Waals surface area (Å²) in [7, 11) is 2.01. The molecule has 4 rings (SSSR count). The summed E-state index contributed by atoms with van der Waals surface area (Å²) < 4.78 is 7.22. The maximum absolute atomic E-state index is 5.35. The number of hydrogen-bond donors (Lipinski definition) is 0. The fraction of sp³-hybridized carbons (Fsp3) is 0.211. The minimum atomic E-state index is 0.604. The number of anilines is 1. The Morgan fingerprint density at radius 1 is 1.04 bits per heavy atom. The second-order valence-electron chi connectivity index (χ2n) is 6.21. The largest absolute Gasteiger partial charge is 0.359 e. The molecule has 0 radical (unpaired) electrons. The van der Waals surface area contributed by atoms with E-state index in [9.17, 15) is 0 Å². The average molecular weight is 333 g/mol. The Balaban J connectivity index is 1.80. The second kappa shape index (κ2) is 6.05. The van der Waals surface area contributed by atoms with Crippen molar-refractivity contribution in [2.24, 2.45) is 0 Å². The summed E-state index contributed by atoms with van der Waals surface area (Å²) in [6.07, 6.45) is 0. The Morgan fingerprint density at radius 3 is 2.56 bits per heavy atom. The molecule has 25 heavy (non-hydrogen) atoms. The van der Waals surface area contributed by atoms with E-state index in [2.05, 4.69) is 33.4 Å². The summed E-state index contributed by atoms with van der Waals surface area (Å²) in [5.74, 6) is 1.76. The van der Waals surface area contributed by atoms with Gasteiger partial charge in [0.05, 0.1) is 23.6 Å². The lowest BCUT2D eigenvalue weighted by Crippen LogP contribution is -2.20. The smallest absolute Gasteiger partial charge is 0.158 e. The molecule has 6 heteroatoms. The first-order valence-corrected chi connectivity index (χ1v) is 8.16. The van der Waals surface area contributed by atoms with Crippen molar-refractivity contribution in [3.8, 4) is 11.3 Å². The molecular formula is C19H19N5O. The van der Waals surface area contributed by atoms with Gasteiger partial charge in [0, 0.05) is 30.8 Å². The summed E-state index contributed by atoms with van der Waals surface area (Å²) in [5, 5.41) is 8.54. The molecule has 126 valence electrons. The molecule has 0 aliphatic carbocycles. The average Bonchev–Trinajstić information content (AvgIpc) is 3.18. The Kier molecular flexibility index (Phi) is 3.72. The van der Waals surface area contributed by atoms with Gasteiger partial charge in [0.15, 0.2) is 11.4 Å². The van der Waals surface area contributed by atoms with Crippen molar-refractivity contribution >= 4 is 11.5 Å². The number of benzene rings is 1. The van der Waals surface area contributed by atoms with Crippen LogP contribution in [0.3, 0.4) is 0 Å². The quantitative estimate of drug-likeness (QED) is 0.571.